The highest BCUT2D eigenvalue weighted by atomic mass is 16.8. The van der Waals surface area contributed by atoms with Crippen molar-refractivity contribution < 1.29 is 29.3 Å². The van der Waals surface area contributed by atoms with Gasteiger partial charge in [-0.3, -0.25) is 0 Å². The van der Waals surface area contributed by atoms with Crippen LogP contribution in [0.1, 0.15) is 27.7 Å². The molecule has 0 saturated carbocycles. The summed E-state index contributed by atoms with van der Waals surface area (Å²) in [6.07, 6.45) is -1.56. The van der Waals surface area contributed by atoms with E-state index < -0.39 is 36.0 Å². The highest BCUT2D eigenvalue weighted by Crippen LogP contribution is 2.33. The maximum atomic E-state index is 10.4. The lowest BCUT2D eigenvalue weighted by molar-refractivity contribution is -0.178. The Morgan fingerprint density at radius 3 is 2.37 bits per heavy atom. The van der Waals surface area contributed by atoms with Gasteiger partial charge < -0.3 is 29.3 Å². The molecule has 0 aromatic rings. The van der Waals surface area contributed by atoms with Gasteiger partial charge in [0, 0.05) is 0 Å². The number of ether oxygens (including phenoxy) is 4. The van der Waals surface area contributed by atoms with E-state index in [1.165, 1.54) is 6.21 Å². The molecule has 19 heavy (non-hydrogen) atoms. The Morgan fingerprint density at radius 2 is 1.84 bits per heavy atom. The third kappa shape index (κ3) is 3.24. The van der Waals surface area contributed by atoms with E-state index in [9.17, 15) is 5.11 Å². The van der Waals surface area contributed by atoms with Crippen LogP contribution in [0.4, 0.5) is 0 Å². The Morgan fingerprint density at radius 1 is 1.16 bits per heavy atom. The molecule has 7 nitrogen and oxygen atoms in total. The second-order valence-electron chi connectivity index (χ2n) is 5.69. The molecule has 2 heterocycles. The quantitative estimate of drug-likeness (QED) is 0.442. The Labute approximate surface area is 112 Å². The van der Waals surface area contributed by atoms with Gasteiger partial charge in [-0.2, -0.15) is 0 Å². The van der Waals surface area contributed by atoms with Gasteiger partial charge >= 0.3 is 0 Å². The molecule has 0 amide bonds. The van der Waals surface area contributed by atoms with E-state index in [4.69, 9.17) is 24.2 Å². The van der Waals surface area contributed by atoms with Gasteiger partial charge in [0.15, 0.2) is 11.6 Å². The van der Waals surface area contributed by atoms with Gasteiger partial charge in [0.05, 0.1) is 12.8 Å². The van der Waals surface area contributed by atoms with Crippen molar-refractivity contribution in [1.82, 2.24) is 0 Å². The average Bonchev–Trinajstić information content (AvgIpc) is 2.78. The van der Waals surface area contributed by atoms with Crippen molar-refractivity contribution in [2.75, 3.05) is 6.61 Å². The van der Waals surface area contributed by atoms with E-state index in [0.717, 1.165) is 0 Å². The van der Waals surface area contributed by atoms with E-state index in [1.54, 1.807) is 27.7 Å². The molecule has 2 saturated heterocycles. The number of hydrogen-bond acceptors (Lipinski definition) is 7. The summed E-state index contributed by atoms with van der Waals surface area (Å²) < 4.78 is 22.2. The number of nitrogens with zero attached hydrogens (tertiary/aromatic N) is 1. The van der Waals surface area contributed by atoms with Crippen LogP contribution in [0, 0.1) is 0 Å². The second kappa shape index (κ2) is 4.99. The Bertz CT molecular complexity index is 356. The van der Waals surface area contributed by atoms with Gasteiger partial charge in [-0.15, -0.1) is 0 Å². The van der Waals surface area contributed by atoms with E-state index >= 15 is 0 Å². The van der Waals surface area contributed by atoms with Crippen LogP contribution >= 0.6 is 0 Å². The van der Waals surface area contributed by atoms with Crippen LogP contribution in [0.2, 0.25) is 0 Å². The lowest BCUT2D eigenvalue weighted by atomic mass is 10.0. The molecule has 2 fully saturated rings. The van der Waals surface area contributed by atoms with Crippen molar-refractivity contribution in [3.8, 4) is 0 Å². The summed E-state index contributed by atoms with van der Waals surface area (Å²) in [4.78, 5) is 0. The third-order valence-corrected chi connectivity index (χ3v) is 3.13. The molecule has 4 atom stereocenters. The molecular weight excluding hydrogens is 254 g/mol. The van der Waals surface area contributed by atoms with Crippen molar-refractivity contribution >= 4 is 6.21 Å². The van der Waals surface area contributed by atoms with Gasteiger partial charge in [0.1, 0.15) is 24.4 Å². The summed E-state index contributed by atoms with van der Waals surface area (Å²) in [6.45, 7) is 7.30. The van der Waals surface area contributed by atoms with Crippen LogP contribution in [0.3, 0.4) is 0 Å². The van der Waals surface area contributed by atoms with Gasteiger partial charge in [0.2, 0.25) is 0 Å². The zero-order chi connectivity index (χ0) is 14.3. The highest BCUT2D eigenvalue weighted by Gasteiger charge is 2.49. The van der Waals surface area contributed by atoms with Crippen LogP contribution in [-0.2, 0) is 18.9 Å². The summed E-state index contributed by atoms with van der Waals surface area (Å²) in [7, 11) is 0. The summed E-state index contributed by atoms with van der Waals surface area (Å²) in [6, 6.07) is 0. The first-order chi connectivity index (χ1) is 8.74. The van der Waals surface area contributed by atoms with E-state index in [0.29, 0.717) is 0 Å². The Hall–Kier alpha value is -0.730. The van der Waals surface area contributed by atoms with Crippen LogP contribution in [0.15, 0.2) is 5.16 Å². The third-order valence-electron chi connectivity index (χ3n) is 3.13. The van der Waals surface area contributed by atoms with Crippen molar-refractivity contribution in [2.24, 2.45) is 5.16 Å². The topological polar surface area (TPSA) is 89.7 Å². The monoisotopic (exact) mass is 275 g/mol. The molecule has 110 valence electrons. The fourth-order valence-corrected chi connectivity index (χ4v) is 2.36. The summed E-state index contributed by atoms with van der Waals surface area (Å²) in [5.74, 6) is -1.58. The van der Waals surface area contributed by atoms with Gasteiger partial charge in [0.25, 0.3) is 0 Å². The molecule has 2 aliphatic rings. The maximum Gasteiger partial charge on any atom is 0.164 e. The SMILES string of the molecule is CC1(C)O[C@@H]([C@H](O)[C@H]2COC(C)(C)O2)[C@@H](/C=N/O)O1. The molecule has 7 heteroatoms. The van der Waals surface area contributed by atoms with Gasteiger partial charge in [-0.25, -0.2) is 0 Å². The fraction of sp³-hybridized carbons (Fsp3) is 0.917. The normalized spacial score (nSPS) is 38.9. The molecule has 0 aromatic heterocycles. The van der Waals surface area contributed by atoms with Gasteiger partial charge in [-0.05, 0) is 27.7 Å². The average molecular weight is 275 g/mol. The van der Waals surface area contributed by atoms with E-state index in [1.807, 2.05) is 0 Å². The number of aliphatic hydroxyl groups excluding tert-OH is 1. The fourth-order valence-electron chi connectivity index (χ4n) is 2.36. The van der Waals surface area contributed by atoms with Crippen molar-refractivity contribution in [2.45, 2.75) is 63.7 Å². The molecular formula is C12H21NO6. The van der Waals surface area contributed by atoms with E-state index in [-0.39, 0.29) is 6.61 Å². The lowest BCUT2D eigenvalue weighted by Crippen LogP contribution is -2.45. The standard InChI is InChI=1S/C12H21NO6/c1-11(2)16-6-8(18-11)9(14)10-7(5-13-15)17-12(3,4)19-10/h5,7-10,14-15H,6H2,1-4H3/b13-5+/t7-,8-,9-,10-/m1/s1. The highest BCUT2D eigenvalue weighted by molar-refractivity contribution is 5.64. The van der Waals surface area contributed by atoms with Gasteiger partial charge in [-0.1, -0.05) is 5.16 Å². The molecule has 0 spiro atoms. The molecule has 0 radical (unpaired) electrons. The zero-order valence-electron chi connectivity index (χ0n) is 11.6. The molecule has 0 aromatic carbocycles. The molecule has 0 bridgehead atoms. The number of oxime groups is 1. The molecule has 0 unspecified atom stereocenters. The first kappa shape index (κ1) is 14.7. The molecule has 2 rings (SSSR count). The minimum Gasteiger partial charge on any atom is -0.411 e. The smallest absolute Gasteiger partial charge is 0.164 e. The number of rotatable bonds is 3. The largest absolute Gasteiger partial charge is 0.411 e. The minimum atomic E-state index is -0.938. The summed E-state index contributed by atoms with van der Waals surface area (Å²) in [5, 5.41) is 22.0. The minimum absolute atomic E-state index is 0.275. The predicted octanol–water partition coefficient (Wildman–Crippen LogP) is 0.479. The Kier molecular flexibility index (Phi) is 3.85. The summed E-state index contributed by atoms with van der Waals surface area (Å²) in [5.41, 5.74) is 0. The van der Waals surface area contributed by atoms with Crippen LogP contribution in [-0.4, -0.2) is 59.1 Å². The molecule has 2 aliphatic heterocycles. The van der Waals surface area contributed by atoms with Crippen LogP contribution in [0.5, 0.6) is 0 Å². The van der Waals surface area contributed by atoms with Crippen LogP contribution < -0.4 is 0 Å². The van der Waals surface area contributed by atoms with Crippen molar-refractivity contribution in [3.63, 3.8) is 0 Å². The predicted molar refractivity (Wildman–Crippen MR) is 65.0 cm³/mol. The lowest BCUT2D eigenvalue weighted by Gasteiger charge is -2.25. The first-order valence-electron chi connectivity index (χ1n) is 6.27. The molecule has 0 aliphatic carbocycles. The zero-order valence-corrected chi connectivity index (χ0v) is 11.6. The summed E-state index contributed by atoms with van der Waals surface area (Å²) >= 11 is 0. The first-order valence-corrected chi connectivity index (χ1v) is 6.27. The Balaban J connectivity index is 2.07. The van der Waals surface area contributed by atoms with E-state index in [2.05, 4.69) is 5.16 Å². The van der Waals surface area contributed by atoms with Crippen LogP contribution in [0.25, 0.3) is 0 Å². The second-order valence-corrected chi connectivity index (χ2v) is 5.69. The van der Waals surface area contributed by atoms with Crippen molar-refractivity contribution in [1.29, 1.82) is 0 Å². The number of aliphatic hydroxyl groups is 1. The maximum absolute atomic E-state index is 10.4. The molecule has 2 N–H and O–H groups in total. The number of hydrogen-bond donors (Lipinski definition) is 2. The van der Waals surface area contributed by atoms with Crippen molar-refractivity contribution in [3.05, 3.63) is 0 Å².